The van der Waals surface area contributed by atoms with Crippen LogP contribution in [0.1, 0.15) is 10.4 Å². The zero-order valence-electron chi connectivity index (χ0n) is 11.2. The normalized spacial score (nSPS) is 10.1. The van der Waals surface area contributed by atoms with Gasteiger partial charge in [0.25, 0.3) is 5.91 Å². The Morgan fingerprint density at radius 2 is 1.91 bits per heavy atom. The van der Waals surface area contributed by atoms with Gasteiger partial charge in [-0.1, -0.05) is 6.07 Å². The van der Waals surface area contributed by atoms with Gasteiger partial charge < -0.3 is 15.2 Å². The number of halogens is 2. The number of esters is 1. The molecule has 0 unspecified atom stereocenters. The van der Waals surface area contributed by atoms with E-state index in [0.29, 0.717) is 0 Å². The molecule has 0 saturated carbocycles. The van der Waals surface area contributed by atoms with Crippen LogP contribution in [0, 0.1) is 11.6 Å². The quantitative estimate of drug-likeness (QED) is 0.851. The van der Waals surface area contributed by atoms with Gasteiger partial charge in [-0.05, 0) is 30.3 Å². The fourth-order valence-electron chi connectivity index (χ4n) is 1.63. The molecule has 2 N–H and O–H groups in total. The van der Waals surface area contributed by atoms with Crippen molar-refractivity contribution in [2.24, 2.45) is 0 Å². The van der Waals surface area contributed by atoms with Crippen LogP contribution in [0.5, 0.6) is 5.75 Å². The Morgan fingerprint density at radius 3 is 2.64 bits per heavy atom. The van der Waals surface area contributed by atoms with Crippen molar-refractivity contribution in [3.05, 3.63) is 59.7 Å². The van der Waals surface area contributed by atoms with E-state index in [1.54, 1.807) is 0 Å². The van der Waals surface area contributed by atoms with Crippen molar-refractivity contribution in [3.63, 3.8) is 0 Å². The third kappa shape index (κ3) is 4.02. The molecule has 0 aliphatic rings. The van der Waals surface area contributed by atoms with Gasteiger partial charge >= 0.3 is 5.97 Å². The van der Waals surface area contributed by atoms with E-state index in [9.17, 15) is 23.5 Å². The first-order chi connectivity index (χ1) is 10.5. The number of phenolic OH excluding ortho intramolecular Hbond substituents is 1. The van der Waals surface area contributed by atoms with Crippen LogP contribution < -0.4 is 5.32 Å². The predicted octanol–water partition coefficient (Wildman–Crippen LogP) is 2.47. The van der Waals surface area contributed by atoms with Crippen LogP contribution in [0.25, 0.3) is 0 Å². The Hall–Kier alpha value is -2.96. The third-order valence-corrected chi connectivity index (χ3v) is 2.62. The predicted molar refractivity (Wildman–Crippen MR) is 73.4 cm³/mol. The molecule has 2 aromatic rings. The molecule has 0 heterocycles. The number of ether oxygens (including phenoxy) is 1. The molecule has 0 bridgehead atoms. The number of hydrogen-bond acceptors (Lipinski definition) is 4. The Balaban J connectivity index is 1.93. The number of carbonyl (C=O) groups excluding carboxylic acids is 2. The minimum atomic E-state index is -0.828. The SMILES string of the molecule is O=C(COC(=O)c1cccc(O)c1)Nc1cc(F)ccc1F. The largest absolute Gasteiger partial charge is 0.508 e. The number of nitrogens with one attached hydrogen (secondary N) is 1. The zero-order valence-corrected chi connectivity index (χ0v) is 11.2. The third-order valence-electron chi connectivity index (χ3n) is 2.62. The van der Waals surface area contributed by atoms with Crippen LogP contribution in [0.15, 0.2) is 42.5 Å². The lowest BCUT2D eigenvalue weighted by Gasteiger charge is -2.07. The Morgan fingerprint density at radius 1 is 1.14 bits per heavy atom. The number of hydrogen-bond donors (Lipinski definition) is 2. The molecule has 2 aromatic carbocycles. The molecule has 1 amide bonds. The maximum atomic E-state index is 13.3. The standard InChI is InChI=1S/C15H11F2NO4/c16-10-4-5-12(17)13(7-10)18-14(20)8-22-15(21)9-2-1-3-11(19)6-9/h1-7,19H,8H2,(H,18,20). The van der Waals surface area contributed by atoms with E-state index >= 15 is 0 Å². The molecule has 0 fully saturated rings. The van der Waals surface area contributed by atoms with Gasteiger partial charge in [-0.2, -0.15) is 0 Å². The van der Waals surface area contributed by atoms with Crippen molar-refractivity contribution in [3.8, 4) is 5.75 Å². The van der Waals surface area contributed by atoms with Crippen LogP contribution in [-0.4, -0.2) is 23.6 Å². The van der Waals surface area contributed by atoms with Gasteiger partial charge in [-0.15, -0.1) is 0 Å². The van der Waals surface area contributed by atoms with Crippen LogP contribution in [0.3, 0.4) is 0 Å². The summed E-state index contributed by atoms with van der Waals surface area (Å²) < 4.78 is 31.0. The summed E-state index contributed by atoms with van der Waals surface area (Å²) in [5, 5.41) is 11.3. The van der Waals surface area contributed by atoms with Crippen LogP contribution in [-0.2, 0) is 9.53 Å². The van der Waals surface area contributed by atoms with E-state index in [4.69, 9.17) is 4.74 Å². The summed E-state index contributed by atoms with van der Waals surface area (Å²) in [5.74, 6) is -3.30. The summed E-state index contributed by atoms with van der Waals surface area (Å²) in [6.07, 6.45) is 0. The average molecular weight is 307 g/mol. The average Bonchev–Trinajstić information content (AvgIpc) is 2.48. The van der Waals surface area contributed by atoms with E-state index in [1.807, 2.05) is 0 Å². The molecular weight excluding hydrogens is 296 g/mol. The second-order valence-electron chi connectivity index (χ2n) is 4.30. The van der Waals surface area contributed by atoms with Crippen LogP contribution in [0.2, 0.25) is 0 Å². The summed E-state index contributed by atoms with van der Waals surface area (Å²) in [7, 11) is 0. The van der Waals surface area contributed by atoms with Crippen molar-refractivity contribution in [1.82, 2.24) is 0 Å². The van der Waals surface area contributed by atoms with Gasteiger partial charge in [-0.25, -0.2) is 13.6 Å². The second-order valence-corrected chi connectivity index (χ2v) is 4.30. The van der Waals surface area contributed by atoms with Crippen molar-refractivity contribution >= 4 is 17.6 Å². The highest BCUT2D eigenvalue weighted by atomic mass is 19.1. The molecule has 22 heavy (non-hydrogen) atoms. The number of amides is 1. The van der Waals surface area contributed by atoms with Gasteiger partial charge in [0.1, 0.15) is 17.4 Å². The molecule has 5 nitrogen and oxygen atoms in total. The van der Waals surface area contributed by atoms with Crippen LogP contribution >= 0.6 is 0 Å². The maximum Gasteiger partial charge on any atom is 0.338 e. The second kappa shape index (κ2) is 6.66. The molecule has 0 aliphatic heterocycles. The zero-order chi connectivity index (χ0) is 16.1. The summed E-state index contributed by atoms with van der Waals surface area (Å²) in [4.78, 5) is 23.2. The minimum Gasteiger partial charge on any atom is -0.508 e. The molecule has 114 valence electrons. The number of benzene rings is 2. The van der Waals surface area contributed by atoms with E-state index in [2.05, 4.69) is 5.32 Å². The Bertz CT molecular complexity index is 718. The van der Waals surface area contributed by atoms with Crippen molar-refractivity contribution in [2.45, 2.75) is 0 Å². The van der Waals surface area contributed by atoms with Gasteiger partial charge in [-0.3, -0.25) is 4.79 Å². The highest BCUT2D eigenvalue weighted by Gasteiger charge is 2.12. The molecule has 0 saturated heterocycles. The van der Waals surface area contributed by atoms with Crippen molar-refractivity contribution in [1.29, 1.82) is 0 Å². The number of aromatic hydroxyl groups is 1. The number of phenols is 1. The minimum absolute atomic E-state index is 0.0599. The van der Waals surface area contributed by atoms with E-state index in [0.717, 1.165) is 18.2 Å². The molecular formula is C15H11F2NO4. The molecule has 7 heteroatoms. The van der Waals surface area contributed by atoms with Crippen molar-refractivity contribution < 1.29 is 28.2 Å². The lowest BCUT2D eigenvalue weighted by atomic mass is 10.2. The first kappa shape index (κ1) is 15.4. The number of anilines is 1. The van der Waals surface area contributed by atoms with E-state index < -0.39 is 30.1 Å². The molecule has 0 aliphatic carbocycles. The first-order valence-electron chi connectivity index (χ1n) is 6.17. The monoisotopic (exact) mass is 307 g/mol. The summed E-state index contributed by atoms with van der Waals surface area (Å²) in [5.41, 5.74) is -0.289. The Labute approximate surface area is 124 Å². The van der Waals surface area contributed by atoms with Gasteiger partial charge in [0.2, 0.25) is 0 Å². The molecule has 2 rings (SSSR count). The molecule has 0 radical (unpaired) electrons. The summed E-state index contributed by atoms with van der Waals surface area (Å²) >= 11 is 0. The van der Waals surface area contributed by atoms with Crippen LogP contribution in [0.4, 0.5) is 14.5 Å². The summed E-state index contributed by atoms with van der Waals surface area (Å²) in [6, 6.07) is 7.96. The Kier molecular flexibility index (Phi) is 4.67. The van der Waals surface area contributed by atoms with Crippen molar-refractivity contribution in [2.75, 3.05) is 11.9 Å². The van der Waals surface area contributed by atoms with Gasteiger partial charge in [0.05, 0.1) is 11.3 Å². The fraction of sp³-hybridized carbons (Fsp3) is 0.0667. The lowest BCUT2D eigenvalue weighted by molar-refractivity contribution is -0.119. The first-order valence-corrected chi connectivity index (χ1v) is 6.17. The topological polar surface area (TPSA) is 75.6 Å². The highest BCUT2D eigenvalue weighted by molar-refractivity contribution is 5.95. The molecule has 0 spiro atoms. The maximum absolute atomic E-state index is 13.3. The molecule has 0 atom stereocenters. The fourth-order valence-corrected chi connectivity index (χ4v) is 1.63. The van der Waals surface area contributed by atoms with E-state index in [-0.39, 0.29) is 17.0 Å². The summed E-state index contributed by atoms with van der Waals surface area (Å²) in [6.45, 7) is -0.676. The number of rotatable bonds is 4. The van der Waals surface area contributed by atoms with Gasteiger partial charge in [0, 0.05) is 6.07 Å². The number of carbonyl (C=O) groups is 2. The lowest BCUT2D eigenvalue weighted by Crippen LogP contribution is -2.21. The van der Waals surface area contributed by atoms with Gasteiger partial charge in [0.15, 0.2) is 6.61 Å². The smallest absolute Gasteiger partial charge is 0.338 e. The van der Waals surface area contributed by atoms with E-state index in [1.165, 1.54) is 24.3 Å². The molecule has 0 aromatic heterocycles. The highest BCUT2D eigenvalue weighted by Crippen LogP contribution is 2.15.